The molecule has 2 aromatic carbocycles. The molecule has 8 nitrogen and oxygen atoms in total. The van der Waals surface area contributed by atoms with Gasteiger partial charge in [0, 0.05) is 50.5 Å². The van der Waals surface area contributed by atoms with Crippen LogP contribution in [-0.4, -0.2) is 61.6 Å². The Morgan fingerprint density at radius 3 is 2.53 bits per heavy atom. The van der Waals surface area contributed by atoms with Crippen molar-refractivity contribution >= 4 is 27.7 Å². The quantitative estimate of drug-likeness (QED) is 0.647. The molecule has 3 heterocycles. The van der Waals surface area contributed by atoms with Crippen molar-refractivity contribution < 1.29 is 18.0 Å². The molecule has 1 atom stereocenters. The first kappa shape index (κ1) is 24.9. The molecule has 0 saturated carbocycles. The average molecular weight is 511 g/mol. The van der Waals surface area contributed by atoms with E-state index in [0.717, 1.165) is 41.6 Å². The predicted molar refractivity (Wildman–Crippen MR) is 139 cm³/mol. The topological polar surface area (TPSA) is 90.0 Å². The fraction of sp³-hybridized carbons (Fsp3) is 0.481. The van der Waals surface area contributed by atoms with Crippen molar-refractivity contribution in [3.63, 3.8) is 0 Å². The molecule has 0 spiro atoms. The molecule has 2 amide bonds. The van der Waals surface area contributed by atoms with Gasteiger partial charge in [-0.2, -0.15) is 17.0 Å². The minimum Gasteiger partial charge on any atom is -0.352 e. The van der Waals surface area contributed by atoms with Crippen LogP contribution in [0.4, 0.5) is 5.69 Å². The normalized spacial score (nSPS) is 20.9. The summed E-state index contributed by atoms with van der Waals surface area (Å²) in [5, 5.41) is 3.01. The van der Waals surface area contributed by atoms with Gasteiger partial charge in [0.05, 0.1) is 5.92 Å². The van der Waals surface area contributed by atoms with Crippen LogP contribution >= 0.6 is 0 Å². The van der Waals surface area contributed by atoms with Crippen LogP contribution in [0.2, 0.25) is 0 Å². The zero-order valence-electron chi connectivity index (χ0n) is 20.8. The number of nitrogens with one attached hydrogen (secondary N) is 1. The first-order valence-corrected chi connectivity index (χ1v) is 14.3. The Kier molecular flexibility index (Phi) is 7.14. The van der Waals surface area contributed by atoms with Crippen molar-refractivity contribution in [1.29, 1.82) is 0 Å². The van der Waals surface area contributed by atoms with Gasteiger partial charge in [0.25, 0.3) is 16.1 Å². The van der Waals surface area contributed by atoms with E-state index in [9.17, 15) is 18.0 Å². The molecule has 2 saturated heterocycles. The van der Waals surface area contributed by atoms with E-state index in [1.165, 1.54) is 4.31 Å². The summed E-state index contributed by atoms with van der Waals surface area (Å²) in [5.41, 5.74) is 4.74. The SMILES string of the molecule is Cc1cccc(C(=O)N2CCc3cc(CNC(=O)C4CCCN(S(=O)(=O)N5CCCC5)C4)ccc32)c1. The Bertz CT molecular complexity index is 1260. The van der Waals surface area contributed by atoms with Crippen molar-refractivity contribution in [2.75, 3.05) is 37.6 Å². The minimum atomic E-state index is -3.48. The highest BCUT2D eigenvalue weighted by Crippen LogP contribution is 2.30. The Hall–Kier alpha value is -2.75. The van der Waals surface area contributed by atoms with Crippen LogP contribution in [0.5, 0.6) is 0 Å². The van der Waals surface area contributed by atoms with Crippen molar-refractivity contribution in [1.82, 2.24) is 13.9 Å². The van der Waals surface area contributed by atoms with E-state index in [0.29, 0.717) is 51.1 Å². The van der Waals surface area contributed by atoms with Crippen molar-refractivity contribution in [3.05, 3.63) is 64.7 Å². The van der Waals surface area contributed by atoms with Gasteiger partial charge >= 0.3 is 0 Å². The highest BCUT2D eigenvalue weighted by molar-refractivity contribution is 7.86. The summed E-state index contributed by atoms with van der Waals surface area (Å²) in [6.45, 7) is 4.86. The number of hydrogen-bond acceptors (Lipinski definition) is 4. The third kappa shape index (κ3) is 5.05. The van der Waals surface area contributed by atoms with Crippen LogP contribution in [0.15, 0.2) is 42.5 Å². The standard InChI is InChI=1S/C27H34N4O4S/c1-20-6-4-7-23(16-20)27(33)31-15-11-22-17-21(9-10-25(22)31)18-28-26(32)24-8-5-14-30(19-24)36(34,35)29-12-2-3-13-29/h4,6-7,9-10,16-17,24H,2-3,5,8,11-15,18-19H2,1H3,(H,28,32). The molecule has 36 heavy (non-hydrogen) atoms. The predicted octanol–water partition coefficient (Wildman–Crippen LogP) is 2.87. The third-order valence-corrected chi connectivity index (χ3v) is 9.49. The van der Waals surface area contributed by atoms with Gasteiger partial charge in [0.2, 0.25) is 5.91 Å². The number of carbonyl (C=O) groups is 2. The Balaban J connectivity index is 1.19. The molecule has 3 aliphatic heterocycles. The molecule has 0 aromatic heterocycles. The molecule has 5 rings (SSSR count). The fourth-order valence-electron chi connectivity index (χ4n) is 5.49. The van der Waals surface area contributed by atoms with Crippen molar-refractivity contribution in [2.45, 2.75) is 45.6 Å². The molecule has 9 heteroatoms. The molecular weight excluding hydrogens is 476 g/mol. The number of amides is 2. The number of fused-ring (bicyclic) bond motifs is 1. The molecule has 0 aliphatic carbocycles. The Labute approximate surface area is 213 Å². The van der Waals surface area contributed by atoms with E-state index >= 15 is 0 Å². The van der Waals surface area contributed by atoms with Gasteiger partial charge in [-0.1, -0.05) is 29.8 Å². The van der Waals surface area contributed by atoms with Crippen LogP contribution < -0.4 is 10.2 Å². The van der Waals surface area contributed by atoms with Gasteiger partial charge < -0.3 is 10.2 Å². The number of rotatable bonds is 6. The van der Waals surface area contributed by atoms with Crippen molar-refractivity contribution in [2.24, 2.45) is 5.92 Å². The monoisotopic (exact) mass is 510 g/mol. The molecule has 1 unspecified atom stereocenters. The zero-order chi connectivity index (χ0) is 25.3. The molecule has 3 aliphatic rings. The van der Waals surface area contributed by atoms with Crippen molar-refractivity contribution in [3.8, 4) is 0 Å². The van der Waals surface area contributed by atoms with Crippen LogP contribution in [0.1, 0.15) is 52.7 Å². The van der Waals surface area contributed by atoms with E-state index in [1.807, 2.05) is 48.2 Å². The summed E-state index contributed by atoms with van der Waals surface area (Å²) in [6.07, 6.45) is 3.96. The second kappa shape index (κ2) is 10.3. The lowest BCUT2D eigenvalue weighted by Gasteiger charge is -2.33. The largest absolute Gasteiger partial charge is 0.352 e. The van der Waals surface area contributed by atoms with Gasteiger partial charge in [-0.3, -0.25) is 9.59 Å². The maximum Gasteiger partial charge on any atom is 0.281 e. The van der Waals surface area contributed by atoms with E-state index in [1.54, 1.807) is 4.31 Å². The van der Waals surface area contributed by atoms with Crippen LogP contribution in [0.25, 0.3) is 0 Å². The summed E-state index contributed by atoms with van der Waals surface area (Å²) in [4.78, 5) is 27.8. The summed E-state index contributed by atoms with van der Waals surface area (Å²) >= 11 is 0. The summed E-state index contributed by atoms with van der Waals surface area (Å²) in [5.74, 6) is -0.440. The molecule has 0 bridgehead atoms. The number of nitrogens with zero attached hydrogens (tertiary/aromatic N) is 3. The molecule has 192 valence electrons. The first-order chi connectivity index (χ1) is 17.3. The average Bonchev–Trinajstić information content (AvgIpc) is 3.58. The first-order valence-electron chi connectivity index (χ1n) is 12.9. The lowest BCUT2D eigenvalue weighted by atomic mass is 9.98. The maximum atomic E-state index is 13.0. The van der Waals surface area contributed by atoms with Crippen LogP contribution in [0.3, 0.4) is 0 Å². The van der Waals surface area contributed by atoms with E-state index in [-0.39, 0.29) is 24.3 Å². The molecule has 2 fully saturated rings. The Morgan fingerprint density at radius 2 is 1.75 bits per heavy atom. The van der Waals surface area contributed by atoms with E-state index in [2.05, 4.69) is 11.4 Å². The van der Waals surface area contributed by atoms with E-state index < -0.39 is 10.2 Å². The van der Waals surface area contributed by atoms with Gasteiger partial charge in [-0.25, -0.2) is 0 Å². The van der Waals surface area contributed by atoms with Gasteiger partial charge in [0.15, 0.2) is 0 Å². The lowest BCUT2D eigenvalue weighted by molar-refractivity contribution is -0.126. The fourth-order valence-corrected chi connectivity index (χ4v) is 7.27. The molecule has 2 aromatic rings. The maximum absolute atomic E-state index is 13.0. The number of piperidine rings is 1. The highest BCUT2D eigenvalue weighted by atomic mass is 32.2. The number of benzene rings is 2. The summed E-state index contributed by atoms with van der Waals surface area (Å²) in [7, 11) is -3.48. The minimum absolute atomic E-state index is 0.00392. The van der Waals surface area contributed by atoms with Crippen LogP contribution in [0, 0.1) is 12.8 Å². The van der Waals surface area contributed by atoms with Gasteiger partial charge in [-0.15, -0.1) is 0 Å². The summed E-state index contributed by atoms with van der Waals surface area (Å²) < 4.78 is 28.9. The van der Waals surface area contributed by atoms with Gasteiger partial charge in [-0.05, 0) is 68.4 Å². The highest BCUT2D eigenvalue weighted by Gasteiger charge is 2.36. The number of anilines is 1. The number of carbonyl (C=O) groups excluding carboxylic acids is 2. The van der Waals surface area contributed by atoms with Gasteiger partial charge in [0.1, 0.15) is 0 Å². The second-order valence-corrected chi connectivity index (χ2v) is 12.0. The second-order valence-electron chi connectivity index (χ2n) is 10.1. The zero-order valence-corrected chi connectivity index (χ0v) is 21.6. The van der Waals surface area contributed by atoms with E-state index in [4.69, 9.17) is 0 Å². The van der Waals surface area contributed by atoms with Crippen LogP contribution in [-0.2, 0) is 28.0 Å². The summed E-state index contributed by atoms with van der Waals surface area (Å²) in [6, 6.07) is 13.6. The lowest BCUT2D eigenvalue weighted by Crippen LogP contribution is -2.49. The third-order valence-electron chi connectivity index (χ3n) is 7.49. The molecule has 0 radical (unpaired) electrons. The number of hydrogen-bond donors (Lipinski definition) is 1. The Morgan fingerprint density at radius 1 is 0.972 bits per heavy atom. The number of aryl methyl sites for hydroxylation is 1. The molecular formula is C27H34N4O4S. The molecule has 1 N–H and O–H groups in total. The smallest absolute Gasteiger partial charge is 0.281 e.